The number of nitrogens with zero attached hydrogens (tertiary/aromatic N) is 1. The lowest BCUT2D eigenvalue weighted by atomic mass is 10.2. The summed E-state index contributed by atoms with van der Waals surface area (Å²) in [6.07, 6.45) is 1.68. The molecular weight excluding hydrogens is 447 g/mol. The maximum atomic E-state index is 13.5. The van der Waals surface area contributed by atoms with Crippen LogP contribution in [0.5, 0.6) is 5.75 Å². The van der Waals surface area contributed by atoms with Crippen molar-refractivity contribution in [2.75, 3.05) is 11.9 Å². The first-order chi connectivity index (χ1) is 13.5. The molecule has 0 aliphatic rings. The lowest BCUT2D eigenvalue weighted by Gasteiger charge is -2.09. The van der Waals surface area contributed by atoms with Gasteiger partial charge in [0.1, 0.15) is 11.6 Å². The summed E-state index contributed by atoms with van der Waals surface area (Å²) in [6, 6.07) is 18.6. The van der Waals surface area contributed by atoms with E-state index < -0.39 is 11.7 Å². The Kier molecular flexibility index (Phi) is 6.79. The van der Waals surface area contributed by atoms with Gasteiger partial charge in [-0.3, -0.25) is 9.79 Å². The van der Waals surface area contributed by atoms with Gasteiger partial charge in [0.25, 0.3) is 5.91 Å². The number of para-hydroxylation sites is 1. The van der Waals surface area contributed by atoms with Crippen molar-refractivity contribution < 1.29 is 13.9 Å². The fourth-order valence-corrected chi connectivity index (χ4v) is 2.94. The van der Waals surface area contributed by atoms with E-state index in [1.807, 2.05) is 24.3 Å². The third-order valence-corrected chi connectivity index (χ3v) is 4.42. The molecule has 7 heteroatoms. The van der Waals surface area contributed by atoms with E-state index >= 15 is 0 Å². The molecule has 0 aliphatic carbocycles. The summed E-state index contributed by atoms with van der Waals surface area (Å²) in [6.45, 7) is -0.292. The first-order valence-corrected chi connectivity index (χ1v) is 9.45. The molecule has 0 unspecified atom stereocenters. The van der Waals surface area contributed by atoms with E-state index in [0.717, 1.165) is 15.7 Å². The monoisotopic (exact) mass is 460 g/mol. The Labute approximate surface area is 175 Å². The van der Waals surface area contributed by atoms with E-state index in [4.69, 9.17) is 16.3 Å². The number of rotatable bonds is 6. The average molecular weight is 462 g/mol. The minimum Gasteiger partial charge on any atom is -0.482 e. The fourth-order valence-electron chi connectivity index (χ4n) is 2.31. The summed E-state index contributed by atoms with van der Waals surface area (Å²) >= 11 is 9.62. The van der Waals surface area contributed by atoms with Crippen LogP contribution >= 0.6 is 27.5 Å². The molecule has 28 heavy (non-hydrogen) atoms. The highest BCUT2D eigenvalue weighted by molar-refractivity contribution is 9.10. The van der Waals surface area contributed by atoms with Gasteiger partial charge in [0.15, 0.2) is 6.61 Å². The first kappa shape index (κ1) is 20.0. The number of carbonyl (C=O) groups is 1. The van der Waals surface area contributed by atoms with Crippen LogP contribution in [0.1, 0.15) is 5.56 Å². The molecule has 3 rings (SSSR count). The molecule has 0 saturated carbocycles. The Hall–Kier alpha value is -2.70. The number of aliphatic imine (C=N–C) groups is 1. The summed E-state index contributed by atoms with van der Waals surface area (Å²) in [5.74, 6) is -0.644. The van der Waals surface area contributed by atoms with Gasteiger partial charge in [-0.15, -0.1) is 0 Å². The van der Waals surface area contributed by atoms with Crippen LogP contribution < -0.4 is 10.1 Å². The van der Waals surface area contributed by atoms with Crippen LogP contribution in [0.25, 0.3) is 0 Å². The van der Waals surface area contributed by atoms with Gasteiger partial charge in [-0.25, -0.2) is 4.39 Å². The number of hydrogen-bond donors (Lipinski definition) is 1. The van der Waals surface area contributed by atoms with Gasteiger partial charge >= 0.3 is 0 Å². The predicted octanol–water partition coefficient (Wildman–Crippen LogP) is 6.01. The van der Waals surface area contributed by atoms with Gasteiger partial charge in [-0.05, 0) is 54.1 Å². The minimum absolute atomic E-state index is 0.0984. The van der Waals surface area contributed by atoms with Crippen molar-refractivity contribution in [2.45, 2.75) is 0 Å². The number of amides is 1. The van der Waals surface area contributed by atoms with E-state index in [2.05, 4.69) is 26.2 Å². The van der Waals surface area contributed by atoms with Gasteiger partial charge < -0.3 is 10.1 Å². The highest BCUT2D eigenvalue weighted by Crippen LogP contribution is 2.25. The summed E-state index contributed by atoms with van der Waals surface area (Å²) in [5.41, 5.74) is 1.69. The second-order valence-corrected chi connectivity index (χ2v) is 7.07. The third kappa shape index (κ3) is 5.65. The van der Waals surface area contributed by atoms with Crippen LogP contribution in [0.15, 0.2) is 76.2 Å². The molecule has 4 nitrogen and oxygen atoms in total. The maximum Gasteiger partial charge on any atom is 0.262 e. The first-order valence-electron chi connectivity index (χ1n) is 8.27. The van der Waals surface area contributed by atoms with Crippen molar-refractivity contribution in [3.63, 3.8) is 0 Å². The highest BCUT2D eigenvalue weighted by atomic mass is 79.9. The van der Waals surface area contributed by atoms with E-state index in [0.29, 0.717) is 10.8 Å². The summed E-state index contributed by atoms with van der Waals surface area (Å²) < 4.78 is 19.9. The Morgan fingerprint density at radius 3 is 2.71 bits per heavy atom. The largest absolute Gasteiger partial charge is 0.482 e. The van der Waals surface area contributed by atoms with Crippen molar-refractivity contribution in [2.24, 2.45) is 4.99 Å². The minimum atomic E-state index is -0.511. The zero-order valence-electron chi connectivity index (χ0n) is 14.5. The molecule has 0 heterocycles. The van der Waals surface area contributed by atoms with Crippen LogP contribution in [0, 0.1) is 5.82 Å². The summed E-state index contributed by atoms with van der Waals surface area (Å²) in [5, 5.41) is 2.79. The van der Waals surface area contributed by atoms with Gasteiger partial charge in [0.2, 0.25) is 0 Å². The lowest BCUT2D eigenvalue weighted by Crippen LogP contribution is -2.20. The second kappa shape index (κ2) is 9.48. The van der Waals surface area contributed by atoms with Crippen LogP contribution in [0.3, 0.4) is 0 Å². The van der Waals surface area contributed by atoms with Gasteiger partial charge in [-0.2, -0.15) is 0 Å². The molecule has 142 valence electrons. The molecule has 0 fully saturated rings. The van der Waals surface area contributed by atoms with Crippen LogP contribution in [0.2, 0.25) is 5.02 Å². The standard InChI is InChI=1S/C21H15BrClFN2O2/c22-15-4-3-5-16(11-15)25-12-14-8-9-20(17(23)10-14)28-13-21(27)26-19-7-2-1-6-18(19)24/h1-12H,13H2,(H,26,27). The highest BCUT2D eigenvalue weighted by Gasteiger charge is 2.09. The SMILES string of the molecule is O=C(COc1ccc(C=Nc2cccc(Br)c2)cc1Cl)Nc1ccccc1F. The quantitative estimate of drug-likeness (QED) is 0.457. The Morgan fingerprint density at radius 1 is 1.14 bits per heavy atom. The fraction of sp³-hybridized carbons (Fsp3) is 0.0476. The van der Waals surface area contributed by atoms with Gasteiger partial charge in [0.05, 0.1) is 16.4 Å². The molecular formula is C21H15BrClFN2O2. The Balaban J connectivity index is 1.59. The van der Waals surface area contributed by atoms with E-state index in [1.165, 1.54) is 12.1 Å². The number of nitrogens with one attached hydrogen (secondary N) is 1. The van der Waals surface area contributed by atoms with Crippen LogP contribution in [-0.2, 0) is 4.79 Å². The summed E-state index contributed by atoms with van der Waals surface area (Å²) in [4.78, 5) is 16.3. The van der Waals surface area contributed by atoms with E-state index in [9.17, 15) is 9.18 Å². The topological polar surface area (TPSA) is 50.7 Å². The molecule has 1 N–H and O–H groups in total. The number of ether oxygens (including phenoxy) is 1. The predicted molar refractivity (Wildman–Crippen MR) is 113 cm³/mol. The lowest BCUT2D eigenvalue weighted by molar-refractivity contribution is -0.118. The number of carbonyl (C=O) groups excluding carboxylic acids is 1. The van der Waals surface area contributed by atoms with Crippen molar-refractivity contribution in [1.29, 1.82) is 0 Å². The van der Waals surface area contributed by atoms with Crippen LogP contribution in [0.4, 0.5) is 15.8 Å². The molecule has 3 aromatic rings. The number of hydrogen-bond acceptors (Lipinski definition) is 3. The average Bonchev–Trinajstić information content (AvgIpc) is 2.67. The molecule has 1 amide bonds. The molecule has 0 radical (unpaired) electrons. The Morgan fingerprint density at radius 2 is 1.96 bits per heavy atom. The molecule has 0 aromatic heterocycles. The normalized spacial score (nSPS) is 10.8. The zero-order valence-corrected chi connectivity index (χ0v) is 16.9. The zero-order chi connectivity index (χ0) is 19.9. The van der Waals surface area contributed by atoms with Gasteiger partial charge in [0, 0.05) is 10.7 Å². The number of benzene rings is 3. The van der Waals surface area contributed by atoms with Crippen molar-refractivity contribution in [3.8, 4) is 5.75 Å². The molecule has 0 bridgehead atoms. The molecule has 0 saturated heterocycles. The number of anilines is 1. The van der Waals surface area contributed by atoms with Gasteiger partial charge in [-0.1, -0.05) is 45.7 Å². The Bertz CT molecular complexity index is 1030. The van der Waals surface area contributed by atoms with E-state index in [1.54, 1.807) is 36.5 Å². The molecule has 0 atom stereocenters. The number of halogens is 3. The maximum absolute atomic E-state index is 13.5. The molecule has 0 spiro atoms. The van der Waals surface area contributed by atoms with Crippen molar-refractivity contribution in [3.05, 3.63) is 87.6 Å². The van der Waals surface area contributed by atoms with Crippen molar-refractivity contribution >= 4 is 51.0 Å². The third-order valence-electron chi connectivity index (χ3n) is 3.63. The van der Waals surface area contributed by atoms with Crippen molar-refractivity contribution in [1.82, 2.24) is 0 Å². The summed E-state index contributed by atoms with van der Waals surface area (Å²) in [7, 11) is 0. The molecule has 3 aromatic carbocycles. The van der Waals surface area contributed by atoms with E-state index in [-0.39, 0.29) is 12.3 Å². The smallest absolute Gasteiger partial charge is 0.262 e. The van der Waals surface area contributed by atoms with Crippen LogP contribution in [-0.4, -0.2) is 18.7 Å². The molecule has 0 aliphatic heterocycles. The second-order valence-electron chi connectivity index (χ2n) is 5.74.